The van der Waals surface area contributed by atoms with Crippen LogP contribution in [0.5, 0.6) is 0 Å². The van der Waals surface area contributed by atoms with E-state index >= 15 is 0 Å². The van der Waals surface area contributed by atoms with E-state index in [9.17, 15) is 0 Å². The first-order chi connectivity index (χ1) is 13.3. The molecule has 27 heavy (non-hydrogen) atoms. The van der Waals surface area contributed by atoms with Gasteiger partial charge in [0.05, 0.1) is 6.20 Å². The van der Waals surface area contributed by atoms with Gasteiger partial charge in [-0.05, 0) is 36.5 Å². The van der Waals surface area contributed by atoms with Crippen molar-refractivity contribution in [3.05, 3.63) is 72.4 Å². The Morgan fingerprint density at radius 1 is 0.963 bits per heavy atom. The summed E-state index contributed by atoms with van der Waals surface area (Å²) < 4.78 is 0. The molecule has 1 fully saturated rings. The van der Waals surface area contributed by atoms with E-state index in [1.165, 1.54) is 18.4 Å². The quantitative estimate of drug-likeness (QED) is 0.674. The van der Waals surface area contributed by atoms with Crippen LogP contribution in [0.1, 0.15) is 25.3 Å². The first-order valence-electron chi connectivity index (χ1n) is 9.61. The summed E-state index contributed by atoms with van der Waals surface area (Å²) in [5, 5.41) is 8.58. The molecule has 0 spiro atoms. The third-order valence-electron chi connectivity index (χ3n) is 5.13. The molecule has 2 aromatic carbocycles. The second kappa shape index (κ2) is 8.16. The van der Waals surface area contributed by atoms with E-state index in [1.807, 2.05) is 12.1 Å². The molecule has 0 radical (unpaired) electrons. The molecule has 4 rings (SSSR count). The molecule has 1 aliphatic heterocycles. The monoisotopic (exact) mass is 359 g/mol. The molecule has 0 bridgehead atoms. The van der Waals surface area contributed by atoms with E-state index in [1.54, 1.807) is 6.20 Å². The Morgan fingerprint density at radius 3 is 2.33 bits per heavy atom. The van der Waals surface area contributed by atoms with E-state index in [2.05, 4.69) is 75.5 Å². The molecule has 5 nitrogen and oxygen atoms in total. The Morgan fingerprint density at radius 2 is 1.63 bits per heavy atom. The van der Waals surface area contributed by atoms with Crippen LogP contribution in [-0.2, 0) is 6.54 Å². The Hall–Kier alpha value is -2.95. The van der Waals surface area contributed by atoms with Crippen LogP contribution >= 0.6 is 0 Å². The SMILES string of the molecule is CC1CCN(c2nncc(N(Cc3ccccc3)c3ccccc3)n2)CC1. The van der Waals surface area contributed by atoms with E-state index in [0.29, 0.717) is 0 Å². The summed E-state index contributed by atoms with van der Waals surface area (Å²) in [5.41, 5.74) is 2.33. The summed E-state index contributed by atoms with van der Waals surface area (Å²) in [7, 11) is 0. The molecule has 138 valence electrons. The lowest BCUT2D eigenvalue weighted by Crippen LogP contribution is -2.34. The minimum absolute atomic E-state index is 0.730. The molecule has 0 amide bonds. The van der Waals surface area contributed by atoms with Crippen LogP contribution in [0.4, 0.5) is 17.5 Å². The predicted octanol–water partition coefficient (Wildman–Crippen LogP) is 4.45. The van der Waals surface area contributed by atoms with Gasteiger partial charge in [-0.1, -0.05) is 55.5 Å². The van der Waals surface area contributed by atoms with Gasteiger partial charge in [-0.3, -0.25) is 0 Å². The molecule has 1 aliphatic rings. The summed E-state index contributed by atoms with van der Waals surface area (Å²) in [6, 6.07) is 20.8. The summed E-state index contributed by atoms with van der Waals surface area (Å²) >= 11 is 0. The van der Waals surface area contributed by atoms with Crippen LogP contribution < -0.4 is 9.80 Å². The Labute approximate surface area is 160 Å². The lowest BCUT2D eigenvalue weighted by atomic mass is 10.00. The molecule has 0 N–H and O–H groups in total. The lowest BCUT2D eigenvalue weighted by Gasteiger charge is -2.31. The molecule has 1 aromatic heterocycles. The highest BCUT2D eigenvalue weighted by atomic mass is 15.4. The maximum Gasteiger partial charge on any atom is 0.247 e. The number of rotatable bonds is 5. The number of hydrogen-bond donors (Lipinski definition) is 0. The second-order valence-corrected chi connectivity index (χ2v) is 7.19. The van der Waals surface area contributed by atoms with Crippen molar-refractivity contribution < 1.29 is 0 Å². The van der Waals surface area contributed by atoms with Gasteiger partial charge in [0, 0.05) is 25.3 Å². The molecule has 0 unspecified atom stereocenters. The smallest absolute Gasteiger partial charge is 0.247 e. The summed E-state index contributed by atoms with van der Waals surface area (Å²) in [6.07, 6.45) is 4.12. The van der Waals surface area contributed by atoms with Crippen LogP contribution in [-0.4, -0.2) is 28.3 Å². The minimum atomic E-state index is 0.730. The van der Waals surface area contributed by atoms with Crippen molar-refractivity contribution in [2.75, 3.05) is 22.9 Å². The van der Waals surface area contributed by atoms with Gasteiger partial charge in [0.2, 0.25) is 5.95 Å². The number of anilines is 3. The van der Waals surface area contributed by atoms with Crippen molar-refractivity contribution in [2.24, 2.45) is 5.92 Å². The molecule has 5 heteroatoms. The van der Waals surface area contributed by atoms with Crippen LogP contribution in [0.25, 0.3) is 0 Å². The second-order valence-electron chi connectivity index (χ2n) is 7.19. The molecular weight excluding hydrogens is 334 g/mol. The molecule has 0 saturated carbocycles. The van der Waals surface area contributed by atoms with Crippen LogP contribution in [0.15, 0.2) is 66.9 Å². The van der Waals surface area contributed by atoms with Gasteiger partial charge >= 0.3 is 0 Å². The maximum absolute atomic E-state index is 4.87. The van der Waals surface area contributed by atoms with Crippen molar-refractivity contribution in [1.82, 2.24) is 15.2 Å². The average molecular weight is 359 g/mol. The first kappa shape index (κ1) is 17.5. The fraction of sp³-hybridized carbons (Fsp3) is 0.318. The van der Waals surface area contributed by atoms with Crippen molar-refractivity contribution in [1.29, 1.82) is 0 Å². The summed E-state index contributed by atoms with van der Waals surface area (Å²) in [5.74, 6) is 2.33. The van der Waals surface area contributed by atoms with Crippen molar-refractivity contribution in [3.63, 3.8) is 0 Å². The first-order valence-corrected chi connectivity index (χ1v) is 9.61. The van der Waals surface area contributed by atoms with Gasteiger partial charge in [0.25, 0.3) is 0 Å². The zero-order chi connectivity index (χ0) is 18.5. The van der Waals surface area contributed by atoms with Gasteiger partial charge in [-0.15, -0.1) is 5.10 Å². The van der Waals surface area contributed by atoms with E-state index < -0.39 is 0 Å². The van der Waals surface area contributed by atoms with Crippen LogP contribution in [0.2, 0.25) is 0 Å². The van der Waals surface area contributed by atoms with Gasteiger partial charge in [0.1, 0.15) is 0 Å². The Balaban J connectivity index is 1.64. The average Bonchev–Trinajstić information content (AvgIpc) is 2.74. The fourth-order valence-electron chi connectivity index (χ4n) is 3.44. The zero-order valence-corrected chi connectivity index (χ0v) is 15.7. The van der Waals surface area contributed by atoms with Crippen LogP contribution in [0.3, 0.4) is 0 Å². The zero-order valence-electron chi connectivity index (χ0n) is 15.7. The number of hydrogen-bond acceptors (Lipinski definition) is 5. The predicted molar refractivity (Wildman–Crippen MR) is 109 cm³/mol. The van der Waals surface area contributed by atoms with E-state index in [-0.39, 0.29) is 0 Å². The molecule has 1 saturated heterocycles. The molecule has 3 aromatic rings. The lowest BCUT2D eigenvalue weighted by molar-refractivity contribution is 0.433. The Kier molecular flexibility index (Phi) is 5.28. The highest BCUT2D eigenvalue weighted by Gasteiger charge is 2.20. The fourth-order valence-corrected chi connectivity index (χ4v) is 3.44. The number of para-hydroxylation sites is 1. The van der Waals surface area contributed by atoms with Crippen LogP contribution in [0, 0.1) is 5.92 Å². The third kappa shape index (κ3) is 4.25. The van der Waals surface area contributed by atoms with Crippen molar-refractivity contribution in [3.8, 4) is 0 Å². The summed E-state index contributed by atoms with van der Waals surface area (Å²) in [6.45, 7) is 5.04. The molecule has 2 heterocycles. The van der Waals surface area contributed by atoms with Crippen molar-refractivity contribution in [2.45, 2.75) is 26.3 Å². The number of nitrogens with zero attached hydrogens (tertiary/aromatic N) is 5. The topological polar surface area (TPSA) is 45.2 Å². The number of aromatic nitrogens is 3. The van der Waals surface area contributed by atoms with Gasteiger partial charge in [-0.2, -0.15) is 10.1 Å². The molecule has 0 aliphatic carbocycles. The largest absolute Gasteiger partial charge is 0.339 e. The Bertz CT molecular complexity index is 845. The number of piperidine rings is 1. The minimum Gasteiger partial charge on any atom is -0.339 e. The maximum atomic E-state index is 4.87. The van der Waals surface area contributed by atoms with Crippen molar-refractivity contribution >= 4 is 17.5 Å². The highest BCUT2D eigenvalue weighted by Crippen LogP contribution is 2.27. The van der Waals surface area contributed by atoms with Gasteiger partial charge in [0.15, 0.2) is 5.82 Å². The third-order valence-corrected chi connectivity index (χ3v) is 5.13. The highest BCUT2D eigenvalue weighted by molar-refractivity contribution is 5.60. The summed E-state index contributed by atoms with van der Waals surface area (Å²) in [4.78, 5) is 9.32. The van der Waals surface area contributed by atoms with E-state index in [4.69, 9.17) is 4.98 Å². The van der Waals surface area contributed by atoms with Gasteiger partial charge in [-0.25, -0.2) is 0 Å². The van der Waals surface area contributed by atoms with E-state index in [0.717, 1.165) is 43.0 Å². The van der Waals surface area contributed by atoms with Gasteiger partial charge < -0.3 is 9.80 Å². The normalized spacial score (nSPS) is 14.9. The molecule has 0 atom stereocenters. The molecular formula is C22H25N5. The standard InChI is InChI=1S/C22H25N5/c1-18-12-14-26(15-13-18)22-24-21(16-23-25-22)27(20-10-6-3-7-11-20)17-19-8-4-2-5-9-19/h2-11,16,18H,12-15,17H2,1H3. The number of benzene rings is 2.